The van der Waals surface area contributed by atoms with Crippen molar-refractivity contribution in [3.05, 3.63) is 42.7 Å². The number of hydrogen-bond donors (Lipinski definition) is 2. The topological polar surface area (TPSA) is 78.9 Å². The smallest absolute Gasteiger partial charge is 0.181 e. The van der Waals surface area contributed by atoms with Gasteiger partial charge in [-0.15, -0.1) is 10.2 Å². The van der Waals surface area contributed by atoms with Crippen molar-refractivity contribution in [2.24, 2.45) is 0 Å². The molecule has 24 heavy (non-hydrogen) atoms. The zero-order valence-corrected chi connectivity index (χ0v) is 13.9. The lowest BCUT2D eigenvalue weighted by molar-refractivity contribution is 0.405. The van der Waals surface area contributed by atoms with Crippen LogP contribution in [0.15, 0.2) is 42.7 Å². The molecule has 0 amide bonds. The van der Waals surface area contributed by atoms with Crippen LogP contribution in [0.3, 0.4) is 0 Å². The van der Waals surface area contributed by atoms with Gasteiger partial charge in [0, 0.05) is 24.6 Å². The van der Waals surface area contributed by atoms with Crippen LogP contribution in [0.5, 0.6) is 0 Å². The number of para-hydroxylation sites is 1. The van der Waals surface area contributed by atoms with Crippen LogP contribution in [-0.4, -0.2) is 52.3 Å². The molecule has 0 bridgehead atoms. The third-order valence-corrected chi connectivity index (χ3v) is 3.51. The normalized spacial score (nSPS) is 11.0. The van der Waals surface area contributed by atoms with Crippen LogP contribution >= 0.6 is 0 Å². The monoisotopic (exact) mass is 323 g/mol. The van der Waals surface area contributed by atoms with E-state index in [4.69, 9.17) is 0 Å². The van der Waals surface area contributed by atoms with Gasteiger partial charge in [-0.3, -0.25) is 0 Å². The molecular formula is C17H21N7. The first kappa shape index (κ1) is 16.1. The Balaban J connectivity index is 1.82. The molecule has 3 rings (SSSR count). The second-order valence-electron chi connectivity index (χ2n) is 5.73. The molecule has 2 N–H and O–H groups in total. The van der Waals surface area contributed by atoms with Crippen molar-refractivity contribution in [1.29, 1.82) is 0 Å². The average molecular weight is 323 g/mol. The van der Waals surface area contributed by atoms with Crippen LogP contribution < -0.4 is 10.6 Å². The fourth-order valence-electron chi connectivity index (χ4n) is 2.34. The minimum atomic E-state index is 0.600. The van der Waals surface area contributed by atoms with Crippen molar-refractivity contribution >= 4 is 28.4 Å². The lowest BCUT2D eigenvalue weighted by atomic mass is 10.3. The third kappa shape index (κ3) is 3.94. The molecule has 7 nitrogen and oxygen atoms in total. The van der Waals surface area contributed by atoms with E-state index < -0.39 is 0 Å². The zero-order chi connectivity index (χ0) is 16.8. The second-order valence-corrected chi connectivity index (χ2v) is 5.73. The number of benzene rings is 1. The van der Waals surface area contributed by atoms with Gasteiger partial charge in [-0.2, -0.15) is 0 Å². The molecule has 0 aliphatic rings. The van der Waals surface area contributed by atoms with Crippen molar-refractivity contribution in [2.45, 2.75) is 6.42 Å². The molecule has 124 valence electrons. The van der Waals surface area contributed by atoms with E-state index in [0.29, 0.717) is 17.2 Å². The molecule has 0 fully saturated rings. The minimum Gasteiger partial charge on any atom is -0.367 e. The van der Waals surface area contributed by atoms with Gasteiger partial charge < -0.3 is 15.5 Å². The summed E-state index contributed by atoms with van der Waals surface area (Å²) in [4.78, 5) is 11.0. The lowest BCUT2D eigenvalue weighted by Gasteiger charge is -2.12. The molecule has 0 spiro atoms. The molecule has 0 saturated heterocycles. The number of aromatic nitrogens is 4. The van der Waals surface area contributed by atoms with E-state index in [2.05, 4.69) is 49.8 Å². The van der Waals surface area contributed by atoms with E-state index >= 15 is 0 Å². The molecule has 0 aliphatic heterocycles. The first-order valence-electron chi connectivity index (χ1n) is 7.92. The van der Waals surface area contributed by atoms with Crippen molar-refractivity contribution < 1.29 is 0 Å². The van der Waals surface area contributed by atoms with E-state index in [-0.39, 0.29) is 0 Å². The van der Waals surface area contributed by atoms with E-state index in [1.165, 1.54) is 0 Å². The van der Waals surface area contributed by atoms with E-state index in [0.717, 1.165) is 30.7 Å². The Morgan fingerprint density at radius 3 is 2.29 bits per heavy atom. The summed E-state index contributed by atoms with van der Waals surface area (Å²) in [5.74, 6) is 1.26. The maximum atomic E-state index is 4.42. The molecule has 0 atom stereocenters. The molecule has 1 aromatic carbocycles. The van der Waals surface area contributed by atoms with E-state index in [1.54, 1.807) is 12.4 Å². The van der Waals surface area contributed by atoms with Gasteiger partial charge in [-0.05, 0) is 39.2 Å². The van der Waals surface area contributed by atoms with Crippen LogP contribution in [0.1, 0.15) is 6.42 Å². The van der Waals surface area contributed by atoms with E-state index in [1.807, 2.05) is 30.3 Å². The summed E-state index contributed by atoms with van der Waals surface area (Å²) in [6.45, 7) is 1.82. The fourth-order valence-corrected chi connectivity index (χ4v) is 2.34. The maximum absolute atomic E-state index is 4.42. The Labute approximate surface area is 141 Å². The predicted octanol–water partition coefficient (Wildman–Crippen LogP) is 2.53. The van der Waals surface area contributed by atoms with Gasteiger partial charge in [0.2, 0.25) is 0 Å². The number of anilines is 3. The van der Waals surface area contributed by atoms with Gasteiger partial charge in [-0.1, -0.05) is 18.2 Å². The highest BCUT2D eigenvalue weighted by Crippen LogP contribution is 2.24. The number of rotatable bonds is 7. The maximum Gasteiger partial charge on any atom is 0.181 e. The average Bonchev–Trinajstić information content (AvgIpc) is 2.61. The van der Waals surface area contributed by atoms with Crippen LogP contribution in [0.25, 0.3) is 11.0 Å². The Hall–Kier alpha value is -2.80. The molecule has 0 saturated carbocycles. The highest BCUT2D eigenvalue weighted by atomic mass is 15.2. The summed E-state index contributed by atoms with van der Waals surface area (Å²) in [6.07, 6.45) is 4.35. The highest BCUT2D eigenvalue weighted by Gasteiger charge is 2.11. The molecule has 2 heterocycles. The summed E-state index contributed by atoms with van der Waals surface area (Å²) >= 11 is 0. The SMILES string of the molecule is CN(C)CCCNc1nnc(Nc2ccccc2)c2nccnc12. The largest absolute Gasteiger partial charge is 0.367 e. The van der Waals surface area contributed by atoms with Gasteiger partial charge in [0.05, 0.1) is 0 Å². The van der Waals surface area contributed by atoms with Crippen LogP contribution in [-0.2, 0) is 0 Å². The molecule has 3 aromatic rings. The van der Waals surface area contributed by atoms with Gasteiger partial charge in [0.25, 0.3) is 0 Å². The summed E-state index contributed by atoms with van der Waals surface area (Å²) < 4.78 is 0. The molecule has 0 unspecified atom stereocenters. The molecule has 2 aromatic heterocycles. The molecular weight excluding hydrogens is 302 g/mol. The minimum absolute atomic E-state index is 0.600. The Kier molecular flexibility index (Phi) is 5.12. The van der Waals surface area contributed by atoms with Gasteiger partial charge in [0.15, 0.2) is 11.6 Å². The predicted molar refractivity (Wildman–Crippen MR) is 96.5 cm³/mol. The van der Waals surface area contributed by atoms with Crippen molar-refractivity contribution in [1.82, 2.24) is 25.1 Å². The Morgan fingerprint density at radius 1 is 0.917 bits per heavy atom. The molecule has 0 radical (unpaired) electrons. The highest BCUT2D eigenvalue weighted by molar-refractivity contribution is 5.93. The second kappa shape index (κ2) is 7.65. The quantitative estimate of drug-likeness (QED) is 0.647. The first-order valence-corrected chi connectivity index (χ1v) is 7.92. The molecule has 0 aliphatic carbocycles. The summed E-state index contributed by atoms with van der Waals surface area (Å²) in [6, 6.07) is 9.83. The number of nitrogens with zero attached hydrogens (tertiary/aromatic N) is 5. The first-order chi connectivity index (χ1) is 11.7. The summed E-state index contributed by atoms with van der Waals surface area (Å²) in [5.41, 5.74) is 2.35. The Bertz CT molecular complexity index is 789. The van der Waals surface area contributed by atoms with Crippen LogP contribution in [0.4, 0.5) is 17.3 Å². The van der Waals surface area contributed by atoms with Crippen LogP contribution in [0.2, 0.25) is 0 Å². The lowest BCUT2D eigenvalue weighted by Crippen LogP contribution is -2.17. The van der Waals surface area contributed by atoms with Gasteiger partial charge in [-0.25, -0.2) is 9.97 Å². The van der Waals surface area contributed by atoms with E-state index in [9.17, 15) is 0 Å². The molecule has 7 heteroatoms. The third-order valence-electron chi connectivity index (χ3n) is 3.51. The Morgan fingerprint density at radius 2 is 1.58 bits per heavy atom. The van der Waals surface area contributed by atoms with Gasteiger partial charge >= 0.3 is 0 Å². The number of hydrogen-bond acceptors (Lipinski definition) is 7. The van der Waals surface area contributed by atoms with Crippen molar-refractivity contribution in [3.63, 3.8) is 0 Å². The van der Waals surface area contributed by atoms with Crippen LogP contribution in [0, 0.1) is 0 Å². The van der Waals surface area contributed by atoms with Crippen molar-refractivity contribution in [2.75, 3.05) is 37.8 Å². The zero-order valence-electron chi connectivity index (χ0n) is 13.9. The summed E-state index contributed by atoms with van der Waals surface area (Å²) in [7, 11) is 4.12. The van der Waals surface area contributed by atoms with Crippen molar-refractivity contribution in [3.8, 4) is 0 Å². The standard InChI is InChI=1S/C17H21N7/c1-24(2)12-6-9-20-16-14-15(19-11-10-18-14)17(23-22-16)21-13-7-4-3-5-8-13/h3-5,7-8,10-11H,6,9,12H2,1-2H3,(H,20,22)(H,21,23). The van der Waals surface area contributed by atoms with Gasteiger partial charge in [0.1, 0.15) is 11.0 Å². The summed E-state index contributed by atoms with van der Waals surface area (Å²) in [5, 5.41) is 15.1. The fraction of sp³-hybridized carbons (Fsp3) is 0.294. The number of fused-ring (bicyclic) bond motifs is 1. The number of nitrogens with one attached hydrogen (secondary N) is 2.